The van der Waals surface area contributed by atoms with Gasteiger partial charge in [0.1, 0.15) is 12.1 Å². The normalized spacial score (nSPS) is 9.09. The number of nitrogens with one attached hydrogen (secondary N) is 3. The molecule has 2 amide bonds. The number of ketones is 1. The Balaban J connectivity index is -0.000000131. The van der Waals surface area contributed by atoms with Crippen LogP contribution in [0.15, 0.2) is 0 Å². The largest absolute Gasteiger partial charge is 3.00 e. The zero-order valence-electron chi connectivity index (χ0n) is 12.6. The molecule has 3 N–H and O–H groups in total. The topological polar surface area (TPSA) is 133 Å². The van der Waals surface area contributed by atoms with E-state index in [4.69, 9.17) is 5.73 Å². The maximum absolute atomic E-state index is 10.6. The van der Waals surface area contributed by atoms with Gasteiger partial charge in [-0.25, -0.2) is 0 Å². The van der Waals surface area contributed by atoms with Gasteiger partial charge in [-0.15, -0.1) is 0 Å². The number of hydrogen-bond donors (Lipinski definition) is 2. The van der Waals surface area contributed by atoms with Crippen molar-refractivity contribution in [1.82, 2.24) is 10.6 Å². The van der Waals surface area contributed by atoms with Gasteiger partial charge in [0.05, 0.1) is 13.1 Å². The predicted molar refractivity (Wildman–Crippen MR) is 81.3 cm³/mol. The van der Waals surface area contributed by atoms with Crippen LogP contribution in [-0.2, 0) is 24.0 Å². The van der Waals surface area contributed by atoms with Crippen LogP contribution in [0, 0.1) is 40.4 Å². The molecule has 125 valence electrons. The molecule has 0 rings (SSSR count). The summed E-state index contributed by atoms with van der Waals surface area (Å²) < 4.78 is 0. The van der Waals surface area contributed by atoms with E-state index >= 15 is 0 Å². The molecule has 0 saturated heterocycles. The standard InChI is InChI=1S/C6H9N2O3.C5H7O2S.CH4N.Sm/c1-5(10)2-8-6(11)3-7-4-9;1-8-5(4-7)2-3-6;1-2;/h2-3H2,1H3,(H,7,9)(H,8,11);3,5H,2H2,1H3;2H,1H3;/q3*-1;+3. The summed E-state index contributed by atoms with van der Waals surface area (Å²) in [6, 6.07) is 0. The molecule has 8 nitrogen and oxygen atoms in total. The zero-order chi connectivity index (χ0) is 17.1. The smallest absolute Gasteiger partial charge is 0.680 e. The number of carbonyl (C=O) groups excluding carboxylic acids is 5. The third-order valence-electron chi connectivity index (χ3n) is 1.58. The van der Waals surface area contributed by atoms with Gasteiger partial charge in [-0.1, -0.05) is 5.25 Å². The molecule has 0 fully saturated rings. The molecule has 0 aromatic heterocycles. The van der Waals surface area contributed by atoms with Crippen LogP contribution in [0.5, 0.6) is 0 Å². The Bertz CT molecular complexity index is 319. The van der Waals surface area contributed by atoms with E-state index in [0.29, 0.717) is 0 Å². The van der Waals surface area contributed by atoms with E-state index in [-0.39, 0.29) is 70.9 Å². The summed E-state index contributed by atoms with van der Waals surface area (Å²) in [4.78, 5) is 50.0. The summed E-state index contributed by atoms with van der Waals surface area (Å²) in [5.74, 6) is -0.531. The minimum absolute atomic E-state index is 0. The van der Waals surface area contributed by atoms with E-state index < -0.39 is 5.91 Å². The van der Waals surface area contributed by atoms with Crippen LogP contribution in [0.3, 0.4) is 0 Å². The summed E-state index contributed by atoms with van der Waals surface area (Å²) in [5, 5.41) is 4.07. The Morgan fingerprint density at radius 2 is 1.82 bits per heavy atom. The summed E-state index contributed by atoms with van der Waals surface area (Å²) in [7, 11) is 1.25. The van der Waals surface area contributed by atoms with E-state index in [1.165, 1.54) is 32.1 Å². The van der Waals surface area contributed by atoms with Gasteiger partial charge in [0.15, 0.2) is 0 Å². The summed E-state index contributed by atoms with van der Waals surface area (Å²) >= 11 is 1.34. The fraction of sp³-hybridized carbons (Fsp3) is 0.583. The quantitative estimate of drug-likeness (QED) is 0.265. The van der Waals surface area contributed by atoms with Crippen molar-refractivity contribution in [3.63, 3.8) is 0 Å². The first-order valence-corrected chi connectivity index (χ1v) is 7.00. The minimum Gasteiger partial charge on any atom is -0.680 e. The van der Waals surface area contributed by atoms with E-state index in [1.807, 2.05) is 5.32 Å². The van der Waals surface area contributed by atoms with Gasteiger partial charge >= 0.3 is 40.4 Å². The molecule has 0 aliphatic rings. The number of Topliss-reactive ketones (excluding diaryl/α,β-unsaturated/α-hetero) is 1. The average Bonchev–Trinajstić information content (AvgIpc) is 2.51. The fourth-order valence-electron chi connectivity index (χ4n) is 0.682. The zero-order valence-corrected chi connectivity index (χ0v) is 16.1. The Kier molecular flexibility index (Phi) is 34.4. The SMILES string of the molecule is CC(=O)CNC(=O)CN[C-]=O.CSC([C-]=O)CC=O.C[NH-].[Sm+3]. The van der Waals surface area contributed by atoms with Crippen molar-refractivity contribution in [2.75, 3.05) is 26.4 Å². The molecule has 0 aromatic carbocycles. The van der Waals surface area contributed by atoms with Gasteiger partial charge in [-0.2, -0.15) is 25.2 Å². The van der Waals surface area contributed by atoms with Gasteiger partial charge in [0, 0.05) is 0 Å². The molecule has 1 atom stereocenters. The monoisotopic (exact) mass is 470 g/mol. The van der Waals surface area contributed by atoms with Crippen LogP contribution in [0.4, 0.5) is 0 Å². The van der Waals surface area contributed by atoms with Crippen LogP contribution in [0.25, 0.3) is 5.73 Å². The third-order valence-corrected chi connectivity index (χ3v) is 2.44. The van der Waals surface area contributed by atoms with Crippen molar-refractivity contribution in [1.29, 1.82) is 0 Å². The summed E-state index contributed by atoms with van der Waals surface area (Å²) in [6.07, 6.45) is 5.86. The molecule has 0 bridgehead atoms. The first-order chi connectivity index (χ1) is 10.0. The van der Waals surface area contributed by atoms with Crippen molar-refractivity contribution in [3.8, 4) is 0 Å². The molecule has 10 heteroatoms. The van der Waals surface area contributed by atoms with Gasteiger partial charge in [0.25, 0.3) is 0 Å². The minimum atomic E-state index is -0.399. The van der Waals surface area contributed by atoms with E-state index in [0.717, 1.165) is 6.29 Å². The predicted octanol–water partition coefficient (Wildman–Crippen LogP) is -0.566. The van der Waals surface area contributed by atoms with Crippen molar-refractivity contribution in [2.45, 2.75) is 18.6 Å². The Hall–Kier alpha value is -0.402. The summed E-state index contributed by atoms with van der Waals surface area (Å²) in [5.41, 5.74) is 5.75. The molecule has 0 aromatic rings. The maximum atomic E-state index is 10.6. The Morgan fingerprint density at radius 3 is 2.09 bits per heavy atom. The Morgan fingerprint density at radius 1 is 1.27 bits per heavy atom. The van der Waals surface area contributed by atoms with Gasteiger partial charge in [0.2, 0.25) is 5.91 Å². The van der Waals surface area contributed by atoms with E-state index in [2.05, 4.69) is 5.32 Å². The van der Waals surface area contributed by atoms with Crippen molar-refractivity contribution < 1.29 is 64.4 Å². The van der Waals surface area contributed by atoms with Gasteiger partial charge in [-0.3, -0.25) is 15.9 Å². The van der Waals surface area contributed by atoms with E-state index in [1.54, 1.807) is 12.5 Å². The van der Waals surface area contributed by atoms with Gasteiger partial charge in [-0.05, 0) is 19.6 Å². The number of thioether (sulfide) groups is 1. The molecular formula is C12H20N3O5SSm. The molecule has 0 aliphatic heterocycles. The van der Waals surface area contributed by atoms with Crippen LogP contribution in [-0.4, -0.2) is 62.3 Å². The average molecular weight is 469 g/mol. The maximum Gasteiger partial charge on any atom is 3.00 e. The van der Waals surface area contributed by atoms with Crippen LogP contribution < -0.4 is 10.6 Å². The van der Waals surface area contributed by atoms with Gasteiger partial charge < -0.3 is 30.8 Å². The fourth-order valence-corrected chi connectivity index (χ4v) is 1.05. The first kappa shape index (κ1) is 29.6. The molecule has 1 radical (unpaired) electrons. The summed E-state index contributed by atoms with van der Waals surface area (Å²) in [6.45, 7) is 1.22. The number of carbonyl (C=O) groups is 3. The molecule has 22 heavy (non-hydrogen) atoms. The first-order valence-electron chi connectivity index (χ1n) is 5.72. The van der Waals surface area contributed by atoms with Crippen molar-refractivity contribution in [3.05, 3.63) is 5.73 Å². The van der Waals surface area contributed by atoms with Crippen molar-refractivity contribution in [2.24, 2.45) is 0 Å². The Labute approximate surface area is 167 Å². The second-order valence-electron chi connectivity index (χ2n) is 3.18. The van der Waals surface area contributed by atoms with Crippen LogP contribution in [0.1, 0.15) is 13.3 Å². The molecule has 1 unspecified atom stereocenters. The molecule has 0 spiro atoms. The van der Waals surface area contributed by atoms with Crippen LogP contribution >= 0.6 is 11.8 Å². The second kappa shape index (κ2) is 25.5. The second-order valence-corrected chi connectivity index (χ2v) is 4.22. The number of amides is 2. The molecular weight excluding hydrogens is 449 g/mol. The van der Waals surface area contributed by atoms with Crippen LogP contribution in [0.2, 0.25) is 0 Å². The number of aldehydes is 1. The molecule has 0 saturated carbocycles. The van der Waals surface area contributed by atoms with Crippen molar-refractivity contribution >= 4 is 42.4 Å². The third kappa shape index (κ3) is 27.9. The number of hydrogen-bond acceptors (Lipinski definition) is 6. The molecule has 0 aliphatic carbocycles. The molecule has 0 heterocycles. The van der Waals surface area contributed by atoms with E-state index in [9.17, 15) is 24.0 Å². The number of rotatable bonds is 9.